The number of amides is 1. The predicted octanol–water partition coefficient (Wildman–Crippen LogP) is 5.57. The Bertz CT molecular complexity index is 1260. The molecule has 0 saturated carbocycles. The highest BCUT2D eigenvalue weighted by atomic mass is 79.9. The molecule has 3 aromatic carbocycles. The van der Waals surface area contributed by atoms with E-state index in [9.17, 15) is 4.79 Å². The Kier molecular flexibility index (Phi) is 7.91. The fraction of sp³-hybridized carbons (Fsp3) is 0.0455. The fourth-order valence-electron chi connectivity index (χ4n) is 2.85. The van der Waals surface area contributed by atoms with Crippen LogP contribution in [0.15, 0.2) is 80.2 Å². The van der Waals surface area contributed by atoms with Crippen molar-refractivity contribution >= 4 is 46.4 Å². The molecule has 0 aliphatic rings. The van der Waals surface area contributed by atoms with Crippen LogP contribution in [0.4, 0.5) is 0 Å². The van der Waals surface area contributed by atoms with E-state index in [-0.39, 0.29) is 24.0 Å². The van der Waals surface area contributed by atoms with E-state index in [0.717, 1.165) is 11.3 Å². The van der Waals surface area contributed by atoms with Gasteiger partial charge in [-0.1, -0.05) is 35.5 Å². The SMILES string of the molecule is O=C(NCc1ccc(Oc2ccccc2)cc1)c1nc(-c2cc(Br)c(OP(O)O)c(Br)c2)no1. The molecule has 4 rings (SSSR count). The highest BCUT2D eigenvalue weighted by molar-refractivity contribution is 9.11. The topological polar surface area (TPSA) is 127 Å². The number of rotatable bonds is 8. The van der Waals surface area contributed by atoms with Crippen LogP contribution >= 0.6 is 40.5 Å². The van der Waals surface area contributed by atoms with Crippen LogP contribution in [0, 0.1) is 0 Å². The summed E-state index contributed by atoms with van der Waals surface area (Å²) >= 11 is 6.58. The number of carbonyl (C=O) groups excluding carboxylic acids is 1. The summed E-state index contributed by atoms with van der Waals surface area (Å²) in [6, 6.07) is 20.0. The number of hydrogen-bond acceptors (Lipinski definition) is 8. The van der Waals surface area contributed by atoms with Gasteiger partial charge >= 0.3 is 20.4 Å². The van der Waals surface area contributed by atoms with E-state index in [0.29, 0.717) is 20.3 Å². The van der Waals surface area contributed by atoms with Crippen LogP contribution in [0.2, 0.25) is 0 Å². The van der Waals surface area contributed by atoms with Crippen LogP contribution in [0.25, 0.3) is 11.4 Å². The Morgan fingerprint density at radius 3 is 2.29 bits per heavy atom. The number of para-hydroxylation sites is 1. The van der Waals surface area contributed by atoms with Crippen molar-refractivity contribution in [3.05, 3.63) is 87.1 Å². The average Bonchev–Trinajstić information content (AvgIpc) is 3.32. The van der Waals surface area contributed by atoms with Crippen LogP contribution in [0.3, 0.4) is 0 Å². The summed E-state index contributed by atoms with van der Waals surface area (Å²) in [5.74, 6) is 1.10. The Labute approximate surface area is 212 Å². The smallest absolute Gasteiger partial charge is 0.391 e. The molecule has 1 heterocycles. The van der Waals surface area contributed by atoms with E-state index < -0.39 is 14.5 Å². The molecule has 0 radical (unpaired) electrons. The first kappa shape index (κ1) is 24.3. The molecule has 4 aromatic rings. The highest BCUT2D eigenvalue weighted by Crippen LogP contribution is 2.42. The summed E-state index contributed by atoms with van der Waals surface area (Å²) in [4.78, 5) is 34.8. The molecule has 0 saturated heterocycles. The van der Waals surface area contributed by atoms with E-state index in [1.807, 2.05) is 54.6 Å². The summed E-state index contributed by atoms with van der Waals surface area (Å²) in [6.45, 7) is 0.261. The van der Waals surface area contributed by atoms with Crippen molar-refractivity contribution in [2.75, 3.05) is 0 Å². The molecule has 1 amide bonds. The van der Waals surface area contributed by atoms with Gasteiger partial charge < -0.3 is 28.9 Å². The summed E-state index contributed by atoms with van der Waals surface area (Å²) in [5.41, 5.74) is 1.38. The zero-order valence-corrected chi connectivity index (χ0v) is 21.2. The van der Waals surface area contributed by atoms with Crippen molar-refractivity contribution in [3.63, 3.8) is 0 Å². The minimum absolute atomic E-state index is 0.177. The Morgan fingerprint density at radius 2 is 1.65 bits per heavy atom. The first-order chi connectivity index (χ1) is 16.4. The van der Waals surface area contributed by atoms with E-state index in [4.69, 9.17) is 23.6 Å². The number of nitrogens with one attached hydrogen (secondary N) is 1. The van der Waals surface area contributed by atoms with Crippen LogP contribution in [-0.4, -0.2) is 25.8 Å². The van der Waals surface area contributed by atoms with Gasteiger partial charge in [-0.25, -0.2) is 0 Å². The van der Waals surface area contributed by atoms with Crippen LogP contribution < -0.4 is 14.6 Å². The second-order valence-electron chi connectivity index (χ2n) is 6.78. The minimum atomic E-state index is -2.58. The third kappa shape index (κ3) is 6.19. The van der Waals surface area contributed by atoms with Gasteiger partial charge in [-0.15, -0.1) is 0 Å². The maximum atomic E-state index is 12.5. The van der Waals surface area contributed by atoms with Gasteiger partial charge in [0.25, 0.3) is 0 Å². The number of aromatic nitrogens is 2. The number of ether oxygens (including phenoxy) is 1. The van der Waals surface area contributed by atoms with Gasteiger partial charge in [-0.3, -0.25) is 4.79 Å². The van der Waals surface area contributed by atoms with Crippen LogP contribution in [0.1, 0.15) is 16.2 Å². The van der Waals surface area contributed by atoms with Gasteiger partial charge in [-0.05, 0) is 73.8 Å². The van der Waals surface area contributed by atoms with E-state index in [2.05, 4.69) is 47.3 Å². The molecular weight excluding hydrogens is 593 g/mol. The Balaban J connectivity index is 1.37. The van der Waals surface area contributed by atoms with Crippen LogP contribution in [-0.2, 0) is 6.54 Å². The number of benzene rings is 3. The molecule has 9 nitrogen and oxygen atoms in total. The highest BCUT2D eigenvalue weighted by Gasteiger charge is 2.19. The normalized spacial score (nSPS) is 10.9. The van der Waals surface area contributed by atoms with Gasteiger partial charge in [0, 0.05) is 12.1 Å². The lowest BCUT2D eigenvalue weighted by atomic mass is 10.2. The summed E-state index contributed by atoms with van der Waals surface area (Å²) in [6.07, 6.45) is 0. The first-order valence-corrected chi connectivity index (χ1v) is 12.4. The summed E-state index contributed by atoms with van der Waals surface area (Å²) < 4.78 is 16.7. The lowest BCUT2D eigenvalue weighted by molar-refractivity contribution is 0.0907. The average molecular weight is 609 g/mol. The molecule has 0 aliphatic carbocycles. The third-order valence-corrected chi connectivity index (χ3v) is 5.93. The maximum Gasteiger partial charge on any atom is 0.391 e. The van der Waals surface area contributed by atoms with E-state index in [1.54, 1.807) is 12.1 Å². The standard InChI is InChI=1S/C22H16Br2N3O6P/c23-17-10-14(11-18(24)19(17)33-34(29)30)20-26-22(32-27-20)21(28)25-12-13-6-8-16(9-7-13)31-15-4-2-1-3-5-15/h1-11,29-30H,12H2,(H,25,28). The van der Waals surface area contributed by atoms with Crippen molar-refractivity contribution in [1.29, 1.82) is 0 Å². The molecule has 0 atom stereocenters. The van der Waals surface area contributed by atoms with Gasteiger partial charge in [-0.2, -0.15) is 4.98 Å². The first-order valence-electron chi connectivity index (χ1n) is 9.68. The second kappa shape index (κ2) is 11.1. The molecular formula is C22H16Br2N3O6P. The molecule has 0 aliphatic heterocycles. The van der Waals surface area contributed by atoms with Crippen molar-refractivity contribution in [1.82, 2.24) is 15.5 Å². The van der Waals surface area contributed by atoms with Gasteiger partial charge in [0.05, 0.1) is 8.95 Å². The Hall–Kier alpha value is -2.82. The molecule has 0 unspecified atom stereocenters. The van der Waals surface area contributed by atoms with Crippen molar-refractivity contribution in [2.45, 2.75) is 6.54 Å². The summed E-state index contributed by atoms with van der Waals surface area (Å²) in [5, 5.41) is 6.58. The number of halogens is 2. The molecule has 0 spiro atoms. The lowest BCUT2D eigenvalue weighted by Crippen LogP contribution is -2.23. The van der Waals surface area contributed by atoms with Crippen molar-refractivity contribution in [2.24, 2.45) is 0 Å². The maximum absolute atomic E-state index is 12.5. The minimum Gasteiger partial charge on any atom is -0.457 e. The molecule has 0 bridgehead atoms. The monoisotopic (exact) mass is 607 g/mol. The third-order valence-electron chi connectivity index (χ3n) is 4.41. The molecule has 174 valence electrons. The van der Waals surface area contributed by atoms with Crippen molar-refractivity contribution < 1.29 is 28.4 Å². The molecule has 0 fully saturated rings. The lowest BCUT2D eigenvalue weighted by Gasteiger charge is -2.10. The van der Waals surface area contributed by atoms with Gasteiger partial charge in [0.1, 0.15) is 11.5 Å². The number of carbonyl (C=O) groups is 1. The molecule has 3 N–H and O–H groups in total. The van der Waals surface area contributed by atoms with Crippen molar-refractivity contribution in [3.8, 4) is 28.6 Å². The molecule has 34 heavy (non-hydrogen) atoms. The fourth-order valence-corrected chi connectivity index (χ4v) is 4.81. The zero-order valence-electron chi connectivity index (χ0n) is 17.2. The van der Waals surface area contributed by atoms with Gasteiger partial charge in [0.2, 0.25) is 5.82 Å². The molecule has 1 aromatic heterocycles. The largest absolute Gasteiger partial charge is 0.457 e. The Morgan fingerprint density at radius 1 is 1.00 bits per heavy atom. The quantitative estimate of drug-likeness (QED) is 0.221. The molecule has 12 heteroatoms. The predicted molar refractivity (Wildman–Crippen MR) is 131 cm³/mol. The van der Waals surface area contributed by atoms with E-state index >= 15 is 0 Å². The number of nitrogens with zero attached hydrogens (tertiary/aromatic N) is 2. The summed E-state index contributed by atoms with van der Waals surface area (Å²) in [7, 11) is -2.58. The van der Waals surface area contributed by atoms with Crippen LogP contribution in [0.5, 0.6) is 17.2 Å². The number of hydrogen-bond donors (Lipinski definition) is 3. The van der Waals surface area contributed by atoms with Gasteiger partial charge in [0.15, 0.2) is 5.75 Å². The van der Waals surface area contributed by atoms with E-state index in [1.165, 1.54) is 0 Å². The zero-order chi connectivity index (χ0) is 24.1. The second-order valence-corrected chi connectivity index (χ2v) is 9.17.